The number of aryl methyl sites for hydroxylation is 1. The SMILES string of the molecule is C/C=C/c1nccc2c1ncn2C. The van der Waals surface area contributed by atoms with E-state index in [9.17, 15) is 0 Å². The van der Waals surface area contributed by atoms with Crippen LogP contribution in [0.5, 0.6) is 0 Å². The van der Waals surface area contributed by atoms with Crippen molar-refractivity contribution in [2.24, 2.45) is 7.05 Å². The van der Waals surface area contributed by atoms with E-state index in [0.717, 1.165) is 16.7 Å². The van der Waals surface area contributed by atoms with Crippen LogP contribution >= 0.6 is 0 Å². The van der Waals surface area contributed by atoms with E-state index >= 15 is 0 Å². The van der Waals surface area contributed by atoms with Gasteiger partial charge in [0.2, 0.25) is 0 Å². The van der Waals surface area contributed by atoms with Crippen LogP contribution in [0.2, 0.25) is 0 Å². The number of fused-ring (bicyclic) bond motifs is 1. The van der Waals surface area contributed by atoms with Gasteiger partial charge in [0.05, 0.1) is 17.5 Å². The minimum atomic E-state index is 0.931. The number of allylic oxidation sites excluding steroid dienone is 1. The lowest BCUT2D eigenvalue weighted by Gasteiger charge is -1.95. The molecule has 0 bridgehead atoms. The Morgan fingerprint density at radius 3 is 3.00 bits per heavy atom. The molecule has 2 aromatic rings. The lowest BCUT2D eigenvalue weighted by Crippen LogP contribution is -1.86. The molecule has 0 atom stereocenters. The Balaban J connectivity index is 2.76. The summed E-state index contributed by atoms with van der Waals surface area (Å²) in [5, 5.41) is 0. The van der Waals surface area contributed by atoms with Gasteiger partial charge in [-0.1, -0.05) is 6.08 Å². The van der Waals surface area contributed by atoms with Crippen LogP contribution in [0.4, 0.5) is 0 Å². The van der Waals surface area contributed by atoms with Gasteiger partial charge in [0, 0.05) is 13.2 Å². The first-order chi connectivity index (χ1) is 6.33. The van der Waals surface area contributed by atoms with Crippen LogP contribution < -0.4 is 0 Å². The van der Waals surface area contributed by atoms with Crippen LogP contribution in [0, 0.1) is 0 Å². The van der Waals surface area contributed by atoms with Gasteiger partial charge < -0.3 is 4.57 Å². The van der Waals surface area contributed by atoms with Crippen molar-refractivity contribution in [1.82, 2.24) is 14.5 Å². The van der Waals surface area contributed by atoms with Gasteiger partial charge >= 0.3 is 0 Å². The maximum absolute atomic E-state index is 4.29. The van der Waals surface area contributed by atoms with E-state index < -0.39 is 0 Å². The fourth-order valence-corrected chi connectivity index (χ4v) is 1.36. The number of aromatic nitrogens is 3. The van der Waals surface area contributed by atoms with E-state index in [1.807, 2.05) is 36.8 Å². The topological polar surface area (TPSA) is 30.7 Å². The van der Waals surface area contributed by atoms with Crippen molar-refractivity contribution in [3.05, 3.63) is 30.4 Å². The van der Waals surface area contributed by atoms with Crippen LogP contribution in [0.25, 0.3) is 17.1 Å². The Hall–Kier alpha value is -1.64. The highest BCUT2D eigenvalue weighted by Crippen LogP contribution is 2.14. The van der Waals surface area contributed by atoms with Crippen molar-refractivity contribution in [2.45, 2.75) is 6.92 Å². The Labute approximate surface area is 76.7 Å². The summed E-state index contributed by atoms with van der Waals surface area (Å²) in [6.45, 7) is 1.98. The molecule has 0 aliphatic rings. The van der Waals surface area contributed by atoms with Crippen LogP contribution in [0.3, 0.4) is 0 Å². The van der Waals surface area contributed by atoms with Gasteiger partial charge in [-0.2, -0.15) is 0 Å². The molecule has 2 heterocycles. The summed E-state index contributed by atoms with van der Waals surface area (Å²) in [6.07, 6.45) is 7.55. The van der Waals surface area contributed by atoms with E-state index in [1.165, 1.54) is 0 Å². The molecule has 0 aromatic carbocycles. The molecule has 13 heavy (non-hydrogen) atoms. The summed E-state index contributed by atoms with van der Waals surface area (Å²) < 4.78 is 1.99. The monoisotopic (exact) mass is 173 g/mol. The Morgan fingerprint density at radius 1 is 1.38 bits per heavy atom. The molecule has 0 aliphatic carbocycles. The first-order valence-electron chi connectivity index (χ1n) is 4.21. The van der Waals surface area contributed by atoms with Crippen LogP contribution in [0.1, 0.15) is 12.6 Å². The zero-order chi connectivity index (χ0) is 9.26. The fourth-order valence-electron chi connectivity index (χ4n) is 1.36. The number of pyridine rings is 1. The summed E-state index contributed by atoms with van der Waals surface area (Å²) in [4.78, 5) is 8.53. The smallest absolute Gasteiger partial charge is 0.114 e. The second-order valence-corrected chi connectivity index (χ2v) is 2.92. The summed E-state index contributed by atoms with van der Waals surface area (Å²) in [5.41, 5.74) is 3.01. The van der Waals surface area contributed by atoms with E-state index in [0.29, 0.717) is 0 Å². The first kappa shape index (κ1) is 7.98. The quantitative estimate of drug-likeness (QED) is 0.660. The van der Waals surface area contributed by atoms with Gasteiger partial charge in [-0.25, -0.2) is 4.98 Å². The standard InChI is InChI=1S/C10H11N3/c1-3-4-8-10-9(5-6-11-8)13(2)7-12-10/h3-7H,1-2H3/b4-3+. The third kappa shape index (κ3) is 1.22. The van der Waals surface area contributed by atoms with Crippen molar-refractivity contribution < 1.29 is 0 Å². The predicted molar refractivity (Wildman–Crippen MR) is 53.2 cm³/mol. The molecule has 0 spiro atoms. The number of hydrogen-bond donors (Lipinski definition) is 0. The molecule has 0 aliphatic heterocycles. The van der Waals surface area contributed by atoms with Gasteiger partial charge in [0.1, 0.15) is 5.52 Å². The third-order valence-corrected chi connectivity index (χ3v) is 2.00. The number of nitrogens with zero attached hydrogens (tertiary/aromatic N) is 3. The zero-order valence-corrected chi connectivity index (χ0v) is 7.73. The molecule has 0 radical (unpaired) electrons. The maximum atomic E-state index is 4.29. The molecule has 66 valence electrons. The molecule has 0 fully saturated rings. The molecule has 3 heteroatoms. The number of hydrogen-bond acceptors (Lipinski definition) is 2. The van der Waals surface area contributed by atoms with Crippen molar-refractivity contribution >= 4 is 17.1 Å². The molecule has 2 aromatic heterocycles. The molecule has 0 N–H and O–H groups in total. The highest BCUT2D eigenvalue weighted by Gasteiger charge is 2.02. The average Bonchev–Trinajstić information content (AvgIpc) is 2.50. The van der Waals surface area contributed by atoms with E-state index in [1.54, 1.807) is 12.5 Å². The minimum absolute atomic E-state index is 0.931. The maximum Gasteiger partial charge on any atom is 0.114 e. The van der Waals surface area contributed by atoms with Crippen molar-refractivity contribution in [2.75, 3.05) is 0 Å². The second kappa shape index (κ2) is 3.01. The van der Waals surface area contributed by atoms with Crippen molar-refractivity contribution in [3.8, 4) is 0 Å². The van der Waals surface area contributed by atoms with Crippen molar-refractivity contribution in [3.63, 3.8) is 0 Å². The predicted octanol–water partition coefficient (Wildman–Crippen LogP) is 2.00. The highest BCUT2D eigenvalue weighted by molar-refractivity contribution is 5.82. The molecule has 2 rings (SSSR count). The van der Waals surface area contributed by atoms with Gasteiger partial charge in [0.15, 0.2) is 0 Å². The molecule has 0 amide bonds. The molecule has 0 unspecified atom stereocenters. The summed E-state index contributed by atoms with van der Waals surface area (Å²) in [6, 6.07) is 1.97. The number of rotatable bonds is 1. The van der Waals surface area contributed by atoms with E-state index in [-0.39, 0.29) is 0 Å². The third-order valence-electron chi connectivity index (χ3n) is 2.00. The summed E-state index contributed by atoms with van der Waals surface area (Å²) in [5.74, 6) is 0. The molecule has 0 saturated carbocycles. The first-order valence-corrected chi connectivity index (χ1v) is 4.21. The number of imidazole rings is 1. The minimum Gasteiger partial charge on any atom is -0.334 e. The van der Waals surface area contributed by atoms with Crippen molar-refractivity contribution in [1.29, 1.82) is 0 Å². The lowest BCUT2D eigenvalue weighted by atomic mass is 10.3. The molecule has 0 saturated heterocycles. The largest absolute Gasteiger partial charge is 0.334 e. The molecule has 3 nitrogen and oxygen atoms in total. The second-order valence-electron chi connectivity index (χ2n) is 2.92. The average molecular weight is 173 g/mol. The Kier molecular flexibility index (Phi) is 1.85. The van der Waals surface area contributed by atoms with Gasteiger partial charge in [-0.05, 0) is 19.1 Å². The van der Waals surface area contributed by atoms with Crippen LogP contribution in [-0.2, 0) is 7.05 Å². The highest BCUT2D eigenvalue weighted by atomic mass is 15.0. The lowest BCUT2D eigenvalue weighted by molar-refractivity contribution is 0.947. The summed E-state index contributed by atoms with van der Waals surface area (Å²) in [7, 11) is 1.98. The van der Waals surface area contributed by atoms with E-state index in [4.69, 9.17) is 0 Å². The van der Waals surface area contributed by atoms with Gasteiger partial charge in [-0.3, -0.25) is 4.98 Å². The van der Waals surface area contributed by atoms with Gasteiger partial charge in [-0.15, -0.1) is 0 Å². The Bertz CT molecular complexity index is 454. The molecular weight excluding hydrogens is 162 g/mol. The Morgan fingerprint density at radius 2 is 2.23 bits per heavy atom. The van der Waals surface area contributed by atoms with Crippen LogP contribution in [-0.4, -0.2) is 14.5 Å². The van der Waals surface area contributed by atoms with E-state index in [2.05, 4.69) is 9.97 Å². The summed E-state index contributed by atoms with van der Waals surface area (Å²) >= 11 is 0. The fraction of sp³-hybridized carbons (Fsp3) is 0.200. The molecular formula is C10H11N3. The van der Waals surface area contributed by atoms with Gasteiger partial charge in [0.25, 0.3) is 0 Å². The van der Waals surface area contributed by atoms with Crippen LogP contribution in [0.15, 0.2) is 24.7 Å². The normalized spacial score (nSPS) is 11.5. The zero-order valence-electron chi connectivity index (χ0n) is 7.73.